The predicted octanol–water partition coefficient (Wildman–Crippen LogP) is 4.90. The van der Waals surface area contributed by atoms with Crippen LogP contribution >= 0.6 is 0 Å². The van der Waals surface area contributed by atoms with Gasteiger partial charge in [-0.2, -0.15) is 0 Å². The molecule has 0 saturated heterocycles. The second kappa shape index (κ2) is 9.87. The Hall–Kier alpha value is -3.32. The Labute approximate surface area is 187 Å². The Kier molecular flexibility index (Phi) is 6.75. The van der Waals surface area contributed by atoms with Gasteiger partial charge >= 0.3 is 0 Å². The molecule has 4 aromatic rings. The summed E-state index contributed by atoms with van der Waals surface area (Å²) in [5.41, 5.74) is 9.44. The summed E-state index contributed by atoms with van der Waals surface area (Å²) in [5.74, 6) is 0.339. The van der Waals surface area contributed by atoms with Gasteiger partial charge in [-0.15, -0.1) is 0 Å². The molecule has 0 saturated carbocycles. The number of oxazole rings is 1. The van der Waals surface area contributed by atoms with Crippen molar-refractivity contribution in [2.24, 2.45) is 5.73 Å². The molecule has 0 aliphatic heterocycles. The molecule has 4 rings (SSSR count). The van der Waals surface area contributed by atoms with Crippen LogP contribution in [0.3, 0.4) is 0 Å². The molecule has 7 nitrogen and oxygen atoms in total. The van der Waals surface area contributed by atoms with Crippen LogP contribution in [-0.2, 0) is 6.54 Å². The average molecular weight is 432 g/mol. The highest BCUT2D eigenvalue weighted by atomic mass is 16.3. The molecule has 1 aromatic carbocycles. The molecular weight excluding hydrogens is 402 g/mol. The summed E-state index contributed by atoms with van der Waals surface area (Å²) in [7, 11) is 0. The molecule has 2 N–H and O–H groups in total. The summed E-state index contributed by atoms with van der Waals surface area (Å²) in [6, 6.07) is 10.2. The maximum Gasteiger partial charge on any atom is 0.263 e. The maximum atomic E-state index is 13.2. The smallest absolute Gasteiger partial charge is 0.263 e. The van der Waals surface area contributed by atoms with E-state index in [0.717, 1.165) is 59.5 Å². The quantitative estimate of drug-likeness (QED) is 0.283. The van der Waals surface area contributed by atoms with Crippen molar-refractivity contribution >= 4 is 16.7 Å². The fraction of sp³-hybridized carbons (Fsp3) is 0.360. The number of carbonyl (C=O) groups excluding carboxylic acids is 1. The molecule has 7 heteroatoms. The lowest BCUT2D eigenvalue weighted by Crippen LogP contribution is -2.18. The molecule has 0 spiro atoms. The van der Waals surface area contributed by atoms with Gasteiger partial charge in [0.25, 0.3) is 5.89 Å². The van der Waals surface area contributed by atoms with Crippen molar-refractivity contribution < 1.29 is 9.21 Å². The maximum absolute atomic E-state index is 13.2. The summed E-state index contributed by atoms with van der Waals surface area (Å²) >= 11 is 0. The van der Waals surface area contributed by atoms with E-state index in [-0.39, 0.29) is 11.7 Å². The van der Waals surface area contributed by atoms with Gasteiger partial charge in [-0.25, -0.2) is 9.97 Å². The largest absolute Gasteiger partial charge is 0.442 e. The average Bonchev–Trinajstić information content (AvgIpc) is 3.49. The van der Waals surface area contributed by atoms with Crippen LogP contribution in [0.2, 0.25) is 0 Å². The van der Waals surface area contributed by atoms with Crippen LogP contribution < -0.4 is 5.73 Å². The summed E-state index contributed by atoms with van der Waals surface area (Å²) < 4.78 is 7.38. The Balaban J connectivity index is 1.70. The minimum absolute atomic E-state index is 0.132. The summed E-state index contributed by atoms with van der Waals surface area (Å²) in [6.45, 7) is 5.42. The molecule has 0 fully saturated rings. The molecule has 166 valence electrons. The third-order valence-corrected chi connectivity index (χ3v) is 5.74. The van der Waals surface area contributed by atoms with Gasteiger partial charge in [0, 0.05) is 29.4 Å². The first-order valence-electron chi connectivity index (χ1n) is 11.2. The number of unbranched alkanes of at least 4 members (excludes halogenated alkanes) is 2. The van der Waals surface area contributed by atoms with Gasteiger partial charge in [-0.1, -0.05) is 25.0 Å². The summed E-state index contributed by atoms with van der Waals surface area (Å²) in [6.07, 6.45) is 8.44. The van der Waals surface area contributed by atoms with Crippen molar-refractivity contribution in [3.8, 4) is 11.3 Å². The normalized spacial score (nSPS) is 12.3. The highest BCUT2D eigenvalue weighted by Gasteiger charge is 2.29. The lowest BCUT2D eigenvalue weighted by Gasteiger charge is -2.15. The zero-order chi connectivity index (χ0) is 22.5. The van der Waals surface area contributed by atoms with E-state index in [9.17, 15) is 4.79 Å². The van der Waals surface area contributed by atoms with Crippen LogP contribution in [0, 0.1) is 6.92 Å². The fourth-order valence-corrected chi connectivity index (χ4v) is 4.03. The predicted molar refractivity (Wildman–Crippen MR) is 124 cm³/mol. The fourth-order valence-electron chi connectivity index (χ4n) is 4.03. The van der Waals surface area contributed by atoms with Crippen LogP contribution in [0.4, 0.5) is 0 Å². The summed E-state index contributed by atoms with van der Waals surface area (Å²) in [4.78, 5) is 26.9. The van der Waals surface area contributed by atoms with Gasteiger partial charge in [0.2, 0.25) is 5.78 Å². The van der Waals surface area contributed by atoms with E-state index in [1.54, 1.807) is 0 Å². The van der Waals surface area contributed by atoms with E-state index >= 15 is 0 Å². The Morgan fingerprint density at radius 1 is 1.16 bits per heavy atom. The number of benzene rings is 1. The molecule has 0 aliphatic carbocycles. The minimum atomic E-state index is -0.412. The second-order valence-corrected chi connectivity index (χ2v) is 8.02. The highest BCUT2D eigenvalue weighted by Crippen LogP contribution is 2.30. The molecule has 0 aliphatic rings. The second-order valence-electron chi connectivity index (χ2n) is 8.02. The first kappa shape index (κ1) is 21.9. The zero-order valence-electron chi connectivity index (χ0n) is 18.6. The van der Waals surface area contributed by atoms with E-state index in [2.05, 4.69) is 33.6 Å². The number of hydrogen-bond acceptors (Lipinski definition) is 6. The molecule has 32 heavy (non-hydrogen) atoms. The van der Waals surface area contributed by atoms with Crippen LogP contribution in [-0.4, -0.2) is 31.8 Å². The number of carbonyl (C=O) groups is 1. The first-order chi connectivity index (χ1) is 15.6. The molecule has 0 radical (unpaired) electrons. The van der Waals surface area contributed by atoms with Gasteiger partial charge in [0.05, 0.1) is 23.3 Å². The molecule has 0 bridgehead atoms. The monoisotopic (exact) mass is 431 g/mol. The SMILES string of the molecule is CCn1cc(-c2ccc3nc(C)ccc3c2)nc1[C@H](CCCCCN)C(=O)c1ncco1. The van der Waals surface area contributed by atoms with Crippen LogP contribution in [0.15, 0.2) is 53.4 Å². The topological polar surface area (TPSA) is 99.8 Å². The van der Waals surface area contributed by atoms with Crippen molar-refractivity contribution in [1.29, 1.82) is 0 Å². The van der Waals surface area contributed by atoms with Crippen LogP contribution in [0.25, 0.3) is 22.2 Å². The van der Waals surface area contributed by atoms with E-state index in [4.69, 9.17) is 15.1 Å². The van der Waals surface area contributed by atoms with Crippen molar-refractivity contribution in [2.75, 3.05) is 6.54 Å². The molecule has 3 heterocycles. The first-order valence-corrected chi connectivity index (χ1v) is 11.2. The van der Waals surface area contributed by atoms with E-state index in [1.807, 2.05) is 31.3 Å². The number of imidazole rings is 1. The minimum Gasteiger partial charge on any atom is -0.442 e. The molecule has 0 amide bonds. The van der Waals surface area contributed by atoms with E-state index < -0.39 is 5.92 Å². The van der Waals surface area contributed by atoms with Gasteiger partial charge < -0.3 is 14.7 Å². The van der Waals surface area contributed by atoms with E-state index in [0.29, 0.717) is 13.0 Å². The van der Waals surface area contributed by atoms with Crippen molar-refractivity contribution in [2.45, 2.75) is 52.0 Å². The lowest BCUT2D eigenvalue weighted by atomic mass is 9.95. The van der Waals surface area contributed by atoms with Crippen molar-refractivity contribution in [1.82, 2.24) is 19.5 Å². The van der Waals surface area contributed by atoms with Gasteiger partial charge in [-0.05, 0) is 51.4 Å². The highest BCUT2D eigenvalue weighted by molar-refractivity contribution is 5.96. The van der Waals surface area contributed by atoms with Gasteiger partial charge in [0.15, 0.2) is 0 Å². The van der Waals surface area contributed by atoms with Gasteiger partial charge in [-0.3, -0.25) is 9.78 Å². The number of fused-ring (bicyclic) bond motifs is 1. The number of aromatic nitrogens is 4. The number of ketones is 1. The van der Waals surface area contributed by atoms with Crippen molar-refractivity contribution in [3.05, 3.63) is 66.4 Å². The van der Waals surface area contributed by atoms with Crippen LogP contribution in [0.1, 0.15) is 60.7 Å². The summed E-state index contributed by atoms with van der Waals surface area (Å²) in [5, 5.41) is 1.06. The molecular formula is C25H29N5O2. The Morgan fingerprint density at radius 3 is 2.78 bits per heavy atom. The van der Waals surface area contributed by atoms with Crippen LogP contribution in [0.5, 0.6) is 0 Å². The number of rotatable bonds is 10. The third kappa shape index (κ3) is 4.62. The van der Waals surface area contributed by atoms with Crippen molar-refractivity contribution in [3.63, 3.8) is 0 Å². The number of aryl methyl sites for hydroxylation is 2. The van der Waals surface area contributed by atoms with E-state index in [1.165, 1.54) is 12.5 Å². The number of nitrogens with zero attached hydrogens (tertiary/aromatic N) is 4. The zero-order valence-corrected chi connectivity index (χ0v) is 18.6. The number of Topliss-reactive ketones (excluding diaryl/α,β-unsaturated/α-hetero) is 1. The Bertz CT molecular complexity index is 1200. The number of nitrogens with two attached hydrogens (primary N) is 1. The standard InChI is InChI=1S/C25H29N5O2/c1-3-30-16-22(19-10-11-21-18(15-19)9-8-17(2)28-21)29-24(30)20(7-5-4-6-12-26)23(31)25-27-13-14-32-25/h8-11,13-16,20H,3-7,12,26H2,1-2H3/t20-/m1/s1. The lowest BCUT2D eigenvalue weighted by molar-refractivity contribution is 0.0913. The number of hydrogen-bond donors (Lipinski definition) is 1. The van der Waals surface area contributed by atoms with Gasteiger partial charge in [0.1, 0.15) is 12.1 Å². The number of pyridine rings is 1. The third-order valence-electron chi connectivity index (χ3n) is 5.74. The molecule has 3 aromatic heterocycles. The molecule has 1 atom stereocenters. The Morgan fingerprint density at radius 2 is 2.03 bits per heavy atom. The molecule has 0 unspecified atom stereocenters.